The molecule has 1 unspecified atom stereocenters. The number of nitrogens with zero attached hydrogens (tertiary/aromatic N) is 1. The number of hydrogen-bond acceptors (Lipinski definition) is 1. The average molecular weight is 262 g/mol. The first-order valence-electron chi connectivity index (χ1n) is 7.03. The van der Waals surface area contributed by atoms with Gasteiger partial charge in [-0.3, -0.25) is 0 Å². The summed E-state index contributed by atoms with van der Waals surface area (Å²) in [6, 6.07) is 10.1. The summed E-state index contributed by atoms with van der Waals surface area (Å²) in [5, 5.41) is 2.73. The van der Waals surface area contributed by atoms with Crippen LogP contribution in [0.1, 0.15) is 32.8 Å². The molecule has 1 rings (SSSR count). The molecule has 106 valence electrons. The van der Waals surface area contributed by atoms with E-state index in [-0.39, 0.29) is 6.03 Å². The van der Waals surface area contributed by atoms with Crippen molar-refractivity contribution in [2.75, 3.05) is 13.6 Å². The maximum Gasteiger partial charge on any atom is 0.317 e. The normalized spacial score (nSPS) is 12.3. The van der Waals surface area contributed by atoms with E-state index in [0.717, 1.165) is 13.0 Å². The molecular weight excluding hydrogens is 236 g/mol. The lowest BCUT2D eigenvalue weighted by atomic mass is 9.98. The third-order valence-electron chi connectivity index (χ3n) is 3.12. The number of carbonyl (C=O) groups excluding carboxylic acids is 1. The number of benzene rings is 1. The number of hydrogen-bond donors (Lipinski definition) is 1. The van der Waals surface area contributed by atoms with Gasteiger partial charge in [0, 0.05) is 20.1 Å². The van der Waals surface area contributed by atoms with Crippen molar-refractivity contribution in [1.82, 2.24) is 10.2 Å². The van der Waals surface area contributed by atoms with Gasteiger partial charge in [-0.1, -0.05) is 51.1 Å². The fraction of sp³-hybridized carbons (Fsp3) is 0.562. The third-order valence-corrected chi connectivity index (χ3v) is 3.12. The summed E-state index contributed by atoms with van der Waals surface area (Å²) in [4.78, 5) is 13.8. The minimum absolute atomic E-state index is 0.000501. The van der Waals surface area contributed by atoms with E-state index in [1.165, 1.54) is 5.56 Å². The van der Waals surface area contributed by atoms with E-state index in [1.54, 1.807) is 7.05 Å². The predicted octanol–water partition coefficient (Wildman–Crippen LogP) is 3.51. The van der Waals surface area contributed by atoms with Gasteiger partial charge in [-0.2, -0.15) is 0 Å². The van der Waals surface area contributed by atoms with Gasteiger partial charge in [0.25, 0.3) is 0 Å². The first-order chi connectivity index (χ1) is 9.02. The second-order valence-electron chi connectivity index (χ2n) is 5.66. The van der Waals surface area contributed by atoms with Gasteiger partial charge in [-0.05, 0) is 23.8 Å². The second kappa shape index (κ2) is 7.82. The standard InChI is InChI=1S/C16H26N2O/c1-13(2)10-14(3)11-18(16(19)17-4)12-15-8-6-5-7-9-15/h5-9,13-14H,10-12H2,1-4H3,(H,17,19). The van der Waals surface area contributed by atoms with Crippen molar-refractivity contribution >= 4 is 6.03 Å². The lowest BCUT2D eigenvalue weighted by Gasteiger charge is -2.26. The summed E-state index contributed by atoms with van der Waals surface area (Å²) >= 11 is 0. The lowest BCUT2D eigenvalue weighted by molar-refractivity contribution is 0.184. The molecule has 0 fully saturated rings. The summed E-state index contributed by atoms with van der Waals surface area (Å²) in [5.74, 6) is 1.18. The van der Waals surface area contributed by atoms with Gasteiger partial charge in [0.2, 0.25) is 0 Å². The zero-order chi connectivity index (χ0) is 14.3. The topological polar surface area (TPSA) is 32.3 Å². The Hall–Kier alpha value is -1.51. The monoisotopic (exact) mass is 262 g/mol. The molecule has 3 heteroatoms. The lowest BCUT2D eigenvalue weighted by Crippen LogP contribution is -2.40. The molecule has 1 aromatic rings. The highest BCUT2D eigenvalue weighted by Gasteiger charge is 2.16. The predicted molar refractivity (Wildman–Crippen MR) is 79.9 cm³/mol. The number of carbonyl (C=O) groups is 1. The van der Waals surface area contributed by atoms with Crippen molar-refractivity contribution in [3.05, 3.63) is 35.9 Å². The van der Waals surface area contributed by atoms with E-state index in [9.17, 15) is 4.79 Å². The Kier molecular flexibility index (Phi) is 6.40. The van der Waals surface area contributed by atoms with Crippen molar-refractivity contribution in [2.45, 2.75) is 33.7 Å². The number of rotatable bonds is 6. The quantitative estimate of drug-likeness (QED) is 0.836. The highest BCUT2D eigenvalue weighted by atomic mass is 16.2. The van der Waals surface area contributed by atoms with Gasteiger partial charge in [0.15, 0.2) is 0 Å². The van der Waals surface area contributed by atoms with Crippen LogP contribution >= 0.6 is 0 Å². The Balaban J connectivity index is 2.64. The first-order valence-corrected chi connectivity index (χ1v) is 7.03. The van der Waals surface area contributed by atoms with E-state index >= 15 is 0 Å². The minimum atomic E-state index is -0.000501. The van der Waals surface area contributed by atoms with Crippen LogP contribution in [-0.4, -0.2) is 24.5 Å². The molecule has 1 N–H and O–H groups in total. The first kappa shape index (κ1) is 15.5. The van der Waals surface area contributed by atoms with Gasteiger partial charge < -0.3 is 10.2 Å². The maximum absolute atomic E-state index is 12.0. The molecule has 19 heavy (non-hydrogen) atoms. The summed E-state index contributed by atoms with van der Waals surface area (Å²) in [5.41, 5.74) is 1.17. The molecule has 2 amide bonds. The molecule has 1 atom stereocenters. The Morgan fingerprint density at radius 1 is 1.21 bits per heavy atom. The third kappa shape index (κ3) is 5.77. The molecule has 3 nitrogen and oxygen atoms in total. The molecule has 0 aliphatic rings. The second-order valence-corrected chi connectivity index (χ2v) is 5.66. The molecule has 0 bridgehead atoms. The molecule has 0 aliphatic carbocycles. The zero-order valence-corrected chi connectivity index (χ0v) is 12.5. The van der Waals surface area contributed by atoms with Gasteiger partial charge in [-0.15, -0.1) is 0 Å². The van der Waals surface area contributed by atoms with Crippen LogP contribution in [0.25, 0.3) is 0 Å². The average Bonchev–Trinajstić information content (AvgIpc) is 2.37. The van der Waals surface area contributed by atoms with E-state index < -0.39 is 0 Å². The molecule has 0 aliphatic heterocycles. The maximum atomic E-state index is 12.0. The summed E-state index contributed by atoms with van der Waals surface area (Å²) in [7, 11) is 1.69. The Labute approximate surface area is 117 Å². The number of urea groups is 1. The van der Waals surface area contributed by atoms with E-state index in [2.05, 4.69) is 38.2 Å². The van der Waals surface area contributed by atoms with Crippen LogP contribution in [0.2, 0.25) is 0 Å². The van der Waals surface area contributed by atoms with Crippen molar-refractivity contribution in [2.24, 2.45) is 11.8 Å². The highest BCUT2D eigenvalue weighted by molar-refractivity contribution is 5.73. The minimum Gasteiger partial charge on any atom is -0.341 e. The van der Waals surface area contributed by atoms with E-state index in [0.29, 0.717) is 18.4 Å². The van der Waals surface area contributed by atoms with E-state index in [1.807, 2.05) is 23.1 Å². The molecule has 0 aromatic heterocycles. The van der Waals surface area contributed by atoms with Gasteiger partial charge >= 0.3 is 6.03 Å². The van der Waals surface area contributed by atoms with E-state index in [4.69, 9.17) is 0 Å². The van der Waals surface area contributed by atoms with Crippen LogP contribution < -0.4 is 5.32 Å². The molecule has 1 aromatic carbocycles. The van der Waals surface area contributed by atoms with Crippen LogP contribution in [0.3, 0.4) is 0 Å². The fourth-order valence-electron chi connectivity index (χ4n) is 2.44. The van der Waals surface area contributed by atoms with Gasteiger partial charge in [0.1, 0.15) is 0 Å². The van der Waals surface area contributed by atoms with Crippen LogP contribution in [0.4, 0.5) is 4.79 Å². The summed E-state index contributed by atoms with van der Waals surface area (Å²) in [6.45, 7) is 8.12. The molecular formula is C16H26N2O. The fourth-order valence-corrected chi connectivity index (χ4v) is 2.44. The zero-order valence-electron chi connectivity index (χ0n) is 12.5. The highest BCUT2D eigenvalue weighted by Crippen LogP contribution is 2.14. The van der Waals surface area contributed by atoms with Crippen molar-refractivity contribution < 1.29 is 4.79 Å². The molecule has 0 radical (unpaired) electrons. The summed E-state index contributed by atoms with van der Waals surface area (Å²) < 4.78 is 0. The van der Waals surface area contributed by atoms with Crippen LogP contribution in [0.15, 0.2) is 30.3 Å². The van der Waals surface area contributed by atoms with Crippen molar-refractivity contribution in [3.63, 3.8) is 0 Å². The Bertz CT molecular complexity index is 376. The van der Waals surface area contributed by atoms with Crippen molar-refractivity contribution in [3.8, 4) is 0 Å². The van der Waals surface area contributed by atoms with Crippen LogP contribution in [-0.2, 0) is 6.54 Å². The Morgan fingerprint density at radius 3 is 2.37 bits per heavy atom. The number of nitrogens with one attached hydrogen (secondary N) is 1. The molecule has 0 saturated carbocycles. The molecule has 0 heterocycles. The largest absolute Gasteiger partial charge is 0.341 e. The van der Waals surface area contributed by atoms with Gasteiger partial charge in [-0.25, -0.2) is 4.79 Å². The SMILES string of the molecule is CNC(=O)N(Cc1ccccc1)CC(C)CC(C)C. The summed E-state index contributed by atoms with van der Waals surface area (Å²) in [6.07, 6.45) is 1.14. The molecule has 0 spiro atoms. The van der Waals surface area contributed by atoms with Crippen LogP contribution in [0, 0.1) is 11.8 Å². The number of amides is 2. The Morgan fingerprint density at radius 2 is 1.84 bits per heavy atom. The smallest absolute Gasteiger partial charge is 0.317 e. The van der Waals surface area contributed by atoms with Crippen LogP contribution in [0.5, 0.6) is 0 Å². The van der Waals surface area contributed by atoms with Gasteiger partial charge in [0.05, 0.1) is 0 Å². The molecule has 0 saturated heterocycles. The van der Waals surface area contributed by atoms with Crippen molar-refractivity contribution in [1.29, 1.82) is 0 Å².